The molecule has 1 heterocycles. The maximum Gasteiger partial charge on any atom is 0.331 e. The number of benzene rings is 1. The molecule has 0 spiro atoms. The van der Waals surface area contributed by atoms with Crippen LogP contribution in [-0.4, -0.2) is 55.7 Å². The lowest BCUT2D eigenvalue weighted by atomic mass is 10.2. The number of esters is 1. The molecule has 1 aromatic rings. The monoisotopic (exact) mass is 360 g/mol. The average Bonchev–Trinajstić information content (AvgIpc) is 3.30. The molecule has 0 bridgehead atoms. The first-order chi connectivity index (χ1) is 12.5. The number of carbonyl (C=O) groups excluding carboxylic acids is 3. The van der Waals surface area contributed by atoms with E-state index in [-0.39, 0.29) is 25.3 Å². The normalized spacial score (nSPS) is 15.0. The molecule has 3 rings (SSSR count). The topological polar surface area (TPSA) is 94.2 Å². The minimum atomic E-state index is -0.646. The number of fused-ring (bicyclic) bond motifs is 1. The first-order valence-electron chi connectivity index (χ1n) is 8.29. The number of amides is 2. The molecular weight excluding hydrogens is 340 g/mol. The molecule has 1 aliphatic heterocycles. The third-order valence-electron chi connectivity index (χ3n) is 3.90. The summed E-state index contributed by atoms with van der Waals surface area (Å²) < 4.78 is 15.4. The molecule has 1 aromatic carbocycles. The minimum Gasteiger partial charge on any atom is -0.454 e. The molecule has 8 nitrogen and oxygen atoms in total. The molecular formula is C18H20N2O6. The summed E-state index contributed by atoms with van der Waals surface area (Å²) in [6, 6.07) is 5.50. The van der Waals surface area contributed by atoms with Crippen LogP contribution >= 0.6 is 0 Å². The number of rotatable bonds is 7. The van der Waals surface area contributed by atoms with Gasteiger partial charge in [0.25, 0.3) is 5.91 Å². The van der Waals surface area contributed by atoms with Gasteiger partial charge in [-0.2, -0.15) is 0 Å². The van der Waals surface area contributed by atoms with E-state index in [1.54, 1.807) is 24.3 Å². The van der Waals surface area contributed by atoms with Crippen molar-refractivity contribution in [3.05, 3.63) is 29.8 Å². The highest BCUT2D eigenvalue weighted by atomic mass is 16.7. The van der Waals surface area contributed by atoms with Gasteiger partial charge in [-0.25, -0.2) is 4.79 Å². The summed E-state index contributed by atoms with van der Waals surface area (Å²) >= 11 is 0. The van der Waals surface area contributed by atoms with E-state index in [0.717, 1.165) is 18.4 Å². The van der Waals surface area contributed by atoms with Crippen molar-refractivity contribution in [3.8, 4) is 11.5 Å². The highest BCUT2D eigenvalue weighted by molar-refractivity contribution is 5.90. The van der Waals surface area contributed by atoms with Crippen LogP contribution in [0.25, 0.3) is 6.08 Å². The minimum absolute atomic E-state index is 0.0556. The van der Waals surface area contributed by atoms with Crippen LogP contribution in [0.5, 0.6) is 11.5 Å². The van der Waals surface area contributed by atoms with Crippen LogP contribution in [0.15, 0.2) is 24.3 Å². The van der Waals surface area contributed by atoms with Gasteiger partial charge in [0.05, 0.1) is 6.54 Å². The van der Waals surface area contributed by atoms with Crippen LogP contribution in [0.3, 0.4) is 0 Å². The standard InChI is InChI=1S/C18H20N2O6/c1-20(9-16(21)19-13-4-5-13)17(22)10-24-18(23)7-3-12-2-6-14-15(8-12)26-11-25-14/h2-3,6-8,13H,4-5,9-11H2,1H3,(H,19,21)/b7-3+. The molecule has 0 atom stereocenters. The van der Waals surface area contributed by atoms with Gasteiger partial charge < -0.3 is 24.4 Å². The van der Waals surface area contributed by atoms with Crippen molar-refractivity contribution >= 4 is 23.9 Å². The van der Waals surface area contributed by atoms with Gasteiger partial charge in [0.2, 0.25) is 12.7 Å². The number of hydrogen-bond acceptors (Lipinski definition) is 6. The molecule has 0 aromatic heterocycles. The van der Waals surface area contributed by atoms with E-state index >= 15 is 0 Å². The zero-order valence-corrected chi connectivity index (χ0v) is 14.4. The van der Waals surface area contributed by atoms with Crippen LogP contribution in [-0.2, 0) is 19.1 Å². The fourth-order valence-corrected chi connectivity index (χ4v) is 2.28. The summed E-state index contributed by atoms with van der Waals surface area (Å²) in [5.74, 6) is -0.0316. The Morgan fingerprint density at radius 3 is 2.81 bits per heavy atom. The molecule has 1 fully saturated rings. The molecule has 0 radical (unpaired) electrons. The lowest BCUT2D eigenvalue weighted by Crippen LogP contribution is -2.40. The first-order valence-corrected chi connectivity index (χ1v) is 8.29. The summed E-state index contributed by atoms with van der Waals surface area (Å²) in [6.45, 7) is -0.295. The summed E-state index contributed by atoms with van der Waals surface area (Å²) in [4.78, 5) is 36.5. The first kappa shape index (κ1) is 17.8. The van der Waals surface area contributed by atoms with Crippen LogP contribution in [0, 0.1) is 0 Å². The predicted molar refractivity (Wildman–Crippen MR) is 91.4 cm³/mol. The number of carbonyl (C=O) groups is 3. The van der Waals surface area contributed by atoms with Crippen molar-refractivity contribution in [1.29, 1.82) is 0 Å². The molecule has 2 amide bonds. The van der Waals surface area contributed by atoms with Crippen molar-refractivity contribution in [2.75, 3.05) is 27.0 Å². The van der Waals surface area contributed by atoms with Gasteiger partial charge in [-0.15, -0.1) is 0 Å². The molecule has 26 heavy (non-hydrogen) atoms. The molecule has 138 valence electrons. The number of nitrogens with zero attached hydrogens (tertiary/aromatic N) is 1. The lowest BCUT2D eigenvalue weighted by Gasteiger charge is -2.16. The molecule has 0 unspecified atom stereocenters. The summed E-state index contributed by atoms with van der Waals surface area (Å²) in [6.07, 6.45) is 4.75. The number of ether oxygens (including phenoxy) is 3. The highest BCUT2D eigenvalue weighted by Gasteiger charge is 2.24. The Morgan fingerprint density at radius 1 is 1.27 bits per heavy atom. The lowest BCUT2D eigenvalue weighted by molar-refractivity contribution is -0.148. The van der Waals surface area contributed by atoms with Crippen LogP contribution in [0.1, 0.15) is 18.4 Å². The Morgan fingerprint density at radius 2 is 2.04 bits per heavy atom. The fraction of sp³-hybridized carbons (Fsp3) is 0.389. The second kappa shape index (κ2) is 7.90. The SMILES string of the molecule is CN(CC(=O)NC1CC1)C(=O)COC(=O)/C=C/c1ccc2c(c1)OCO2. The average molecular weight is 360 g/mol. The van der Waals surface area contributed by atoms with Gasteiger partial charge in [0.15, 0.2) is 18.1 Å². The van der Waals surface area contributed by atoms with Crippen molar-refractivity contribution in [1.82, 2.24) is 10.2 Å². The Kier molecular flexibility index (Phi) is 5.40. The Balaban J connectivity index is 1.41. The molecule has 1 N–H and O–H groups in total. The van der Waals surface area contributed by atoms with Crippen LogP contribution in [0.4, 0.5) is 0 Å². The molecule has 2 aliphatic rings. The summed E-state index contributed by atoms with van der Waals surface area (Å²) in [5, 5.41) is 2.79. The van der Waals surface area contributed by atoms with Gasteiger partial charge in [-0.05, 0) is 36.6 Å². The Labute approximate surface area is 150 Å². The van der Waals surface area contributed by atoms with Crippen molar-refractivity contribution in [2.24, 2.45) is 0 Å². The van der Waals surface area contributed by atoms with Gasteiger partial charge in [0.1, 0.15) is 0 Å². The molecule has 8 heteroatoms. The molecule has 1 saturated carbocycles. The van der Waals surface area contributed by atoms with Gasteiger partial charge in [-0.3, -0.25) is 9.59 Å². The maximum atomic E-state index is 11.9. The number of hydrogen-bond donors (Lipinski definition) is 1. The Hall–Kier alpha value is -3.03. The van der Waals surface area contributed by atoms with Crippen molar-refractivity contribution in [3.63, 3.8) is 0 Å². The zero-order chi connectivity index (χ0) is 18.5. The van der Waals surface area contributed by atoms with Gasteiger partial charge in [0, 0.05) is 19.2 Å². The third-order valence-corrected chi connectivity index (χ3v) is 3.90. The van der Waals surface area contributed by atoms with E-state index in [9.17, 15) is 14.4 Å². The highest BCUT2D eigenvalue weighted by Crippen LogP contribution is 2.32. The number of nitrogens with one attached hydrogen (secondary N) is 1. The van der Waals surface area contributed by atoms with Crippen molar-refractivity contribution in [2.45, 2.75) is 18.9 Å². The van der Waals surface area contributed by atoms with Gasteiger partial charge >= 0.3 is 5.97 Å². The van der Waals surface area contributed by atoms with E-state index in [1.165, 1.54) is 18.0 Å². The third kappa shape index (κ3) is 4.98. The second-order valence-corrected chi connectivity index (χ2v) is 6.15. The van der Waals surface area contributed by atoms with E-state index in [2.05, 4.69) is 5.32 Å². The van der Waals surface area contributed by atoms with E-state index < -0.39 is 18.5 Å². The molecule has 1 aliphatic carbocycles. The number of likely N-dealkylation sites (N-methyl/N-ethyl adjacent to an activating group) is 1. The summed E-state index contributed by atoms with van der Waals surface area (Å²) in [7, 11) is 1.49. The van der Waals surface area contributed by atoms with Crippen LogP contribution in [0.2, 0.25) is 0 Å². The summed E-state index contributed by atoms with van der Waals surface area (Å²) in [5.41, 5.74) is 0.742. The Bertz CT molecular complexity index is 741. The van der Waals surface area contributed by atoms with Crippen LogP contribution < -0.4 is 14.8 Å². The van der Waals surface area contributed by atoms with E-state index in [1.807, 2.05) is 0 Å². The fourth-order valence-electron chi connectivity index (χ4n) is 2.28. The van der Waals surface area contributed by atoms with E-state index in [4.69, 9.17) is 14.2 Å². The van der Waals surface area contributed by atoms with Gasteiger partial charge in [-0.1, -0.05) is 6.07 Å². The second-order valence-electron chi connectivity index (χ2n) is 6.15. The predicted octanol–water partition coefficient (Wildman–Crippen LogP) is 0.709. The largest absolute Gasteiger partial charge is 0.454 e. The molecule has 0 saturated heterocycles. The maximum absolute atomic E-state index is 11.9. The smallest absolute Gasteiger partial charge is 0.331 e. The quantitative estimate of drug-likeness (QED) is 0.568. The van der Waals surface area contributed by atoms with E-state index in [0.29, 0.717) is 11.5 Å². The zero-order valence-electron chi connectivity index (χ0n) is 14.4. The van der Waals surface area contributed by atoms with Crippen molar-refractivity contribution < 1.29 is 28.6 Å².